The van der Waals surface area contributed by atoms with Crippen LogP contribution >= 0.6 is 22.6 Å². The van der Waals surface area contributed by atoms with E-state index >= 15 is 0 Å². The number of halogens is 1. The molecule has 0 radical (unpaired) electrons. The zero-order valence-corrected chi connectivity index (χ0v) is 22.9. The Bertz CT molecular complexity index is 629. The number of unbranched alkanes of at least 4 members (excludes halogenated alkanes) is 2. The quantitative estimate of drug-likeness (QED) is 0.134. The van der Waals surface area contributed by atoms with Gasteiger partial charge in [-0.25, -0.2) is 0 Å². The summed E-state index contributed by atoms with van der Waals surface area (Å²) < 4.78 is 13.6. The highest BCUT2D eigenvalue weighted by atomic mass is 127. The molecular formula is C26H46INO3. The lowest BCUT2D eigenvalue weighted by Crippen LogP contribution is -2.63. The normalized spacial score (nSPS) is 35.3. The van der Waals surface area contributed by atoms with E-state index in [9.17, 15) is 4.79 Å². The molecule has 4 aliphatic carbocycles. The van der Waals surface area contributed by atoms with Gasteiger partial charge in [0.1, 0.15) is 9.71 Å². The molecule has 4 fully saturated rings. The molecule has 0 aromatic heterocycles. The van der Waals surface area contributed by atoms with Crippen LogP contribution in [-0.4, -0.2) is 26.8 Å². The van der Waals surface area contributed by atoms with Crippen molar-refractivity contribution in [3.05, 3.63) is 0 Å². The number of carbonyl (C=O) groups excluding carboxylic acids is 1. The summed E-state index contributed by atoms with van der Waals surface area (Å²) in [5.74, 6) is 1.53. The van der Waals surface area contributed by atoms with Crippen molar-refractivity contribution in [3.8, 4) is 0 Å². The minimum absolute atomic E-state index is 0.0974. The van der Waals surface area contributed by atoms with Crippen LogP contribution in [0.5, 0.6) is 0 Å². The molecule has 4 saturated carbocycles. The van der Waals surface area contributed by atoms with E-state index in [4.69, 9.17) is 15.2 Å². The van der Waals surface area contributed by atoms with E-state index in [1.807, 2.05) is 20.8 Å². The summed E-state index contributed by atoms with van der Waals surface area (Å²) in [6, 6.07) is 0. The highest BCUT2D eigenvalue weighted by Crippen LogP contribution is 2.61. The Morgan fingerprint density at radius 3 is 2.19 bits per heavy atom. The van der Waals surface area contributed by atoms with Crippen molar-refractivity contribution in [1.82, 2.24) is 0 Å². The van der Waals surface area contributed by atoms with E-state index in [1.54, 1.807) is 0 Å². The van der Waals surface area contributed by atoms with Gasteiger partial charge in [0.2, 0.25) is 0 Å². The molecule has 0 heterocycles. The molecule has 180 valence electrons. The smallest absolute Gasteiger partial charge is 0.314 e. The Hall–Kier alpha value is 0.120. The standard InChI is InChI=1S/C26H46INO3/c1-7-8-9-10-21(27)30-25-13-19-11-20(14-25)16-26(15-19,17-25)31-22(29)24(6,12-18(2)3)23(4,5)28/h18-21H,7-17,28H2,1-6H3. The van der Waals surface area contributed by atoms with Crippen molar-refractivity contribution in [1.29, 1.82) is 0 Å². The summed E-state index contributed by atoms with van der Waals surface area (Å²) >= 11 is 2.49. The molecule has 2 N–H and O–H groups in total. The van der Waals surface area contributed by atoms with Gasteiger partial charge in [-0.1, -0.05) is 62.6 Å². The number of hydrogen-bond donors (Lipinski definition) is 1. The van der Waals surface area contributed by atoms with Gasteiger partial charge in [0.25, 0.3) is 0 Å². The number of nitrogens with two attached hydrogens (primary N) is 1. The molecule has 4 nitrogen and oxygen atoms in total. The van der Waals surface area contributed by atoms with Crippen molar-refractivity contribution in [3.63, 3.8) is 0 Å². The number of esters is 1. The monoisotopic (exact) mass is 547 g/mol. The average molecular weight is 548 g/mol. The second-order valence-corrected chi connectivity index (χ2v) is 13.8. The molecule has 5 heteroatoms. The van der Waals surface area contributed by atoms with Crippen LogP contribution in [0.3, 0.4) is 0 Å². The molecule has 4 aliphatic rings. The summed E-state index contributed by atoms with van der Waals surface area (Å²) in [6.45, 7) is 12.5. The third kappa shape index (κ3) is 5.62. The van der Waals surface area contributed by atoms with Crippen molar-refractivity contribution >= 4 is 28.6 Å². The van der Waals surface area contributed by atoms with Gasteiger partial charge >= 0.3 is 5.97 Å². The van der Waals surface area contributed by atoms with Crippen LogP contribution in [0, 0.1) is 23.2 Å². The predicted octanol–water partition coefficient (Wildman–Crippen LogP) is 6.77. The molecule has 0 aromatic rings. The fourth-order valence-electron chi connectivity index (χ4n) is 6.97. The second kappa shape index (κ2) is 9.40. The fourth-order valence-corrected chi connectivity index (χ4v) is 7.95. The van der Waals surface area contributed by atoms with E-state index in [-0.39, 0.29) is 21.3 Å². The molecule has 0 saturated heterocycles. The molecule has 0 amide bonds. The van der Waals surface area contributed by atoms with Crippen LogP contribution in [0.2, 0.25) is 0 Å². The first kappa shape index (κ1) is 25.7. The molecule has 0 aliphatic heterocycles. The number of hydrogen-bond acceptors (Lipinski definition) is 4. The van der Waals surface area contributed by atoms with Gasteiger partial charge in [-0.05, 0) is 83.5 Å². The van der Waals surface area contributed by atoms with E-state index in [1.165, 1.54) is 25.7 Å². The first-order valence-electron chi connectivity index (χ1n) is 12.7. The summed E-state index contributed by atoms with van der Waals surface area (Å²) in [6.07, 6.45) is 12.0. The zero-order valence-electron chi connectivity index (χ0n) is 20.8. The summed E-state index contributed by atoms with van der Waals surface area (Å²) in [7, 11) is 0. The molecule has 4 rings (SSSR count). The van der Waals surface area contributed by atoms with Gasteiger partial charge in [0.15, 0.2) is 0 Å². The lowest BCUT2D eigenvalue weighted by molar-refractivity contribution is -0.242. The van der Waals surface area contributed by atoms with Crippen LogP contribution in [-0.2, 0) is 14.3 Å². The number of ether oxygens (including phenoxy) is 2. The lowest BCUT2D eigenvalue weighted by atomic mass is 9.52. The third-order valence-corrected chi connectivity index (χ3v) is 9.24. The zero-order chi connectivity index (χ0) is 23.1. The first-order valence-corrected chi connectivity index (χ1v) is 13.9. The van der Waals surface area contributed by atoms with Crippen LogP contribution in [0.4, 0.5) is 0 Å². The summed E-state index contributed by atoms with van der Waals surface area (Å²) in [5.41, 5.74) is 4.78. The molecule has 4 unspecified atom stereocenters. The maximum Gasteiger partial charge on any atom is 0.314 e. The molecule has 4 bridgehead atoms. The van der Waals surface area contributed by atoms with Crippen molar-refractivity contribution < 1.29 is 14.3 Å². The van der Waals surface area contributed by atoms with Gasteiger partial charge in [-0.2, -0.15) is 0 Å². The maximum absolute atomic E-state index is 13.7. The van der Waals surface area contributed by atoms with Crippen molar-refractivity contribution in [2.75, 3.05) is 0 Å². The van der Waals surface area contributed by atoms with Gasteiger partial charge in [-0.3, -0.25) is 4.79 Å². The van der Waals surface area contributed by atoms with Crippen LogP contribution in [0.15, 0.2) is 0 Å². The van der Waals surface area contributed by atoms with E-state index in [2.05, 4.69) is 43.4 Å². The number of rotatable bonds is 11. The summed E-state index contributed by atoms with van der Waals surface area (Å²) in [4.78, 5) is 13.7. The van der Waals surface area contributed by atoms with E-state index < -0.39 is 11.0 Å². The minimum Gasteiger partial charge on any atom is -0.458 e. The second-order valence-electron chi connectivity index (χ2n) is 12.4. The van der Waals surface area contributed by atoms with Crippen molar-refractivity contribution in [2.24, 2.45) is 28.9 Å². The number of carbonyl (C=O) groups is 1. The number of alkyl halides is 1. The molecule has 0 aromatic carbocycles. The Morgan fingerprint density at radius 1 is 1.10 bits per heavy atom. The Labute approximate surface area is 204 Å². The van der Waals surface area contributed by atoms with Crippen LogP contribution < -0.4 is 5.73 Å². The van der Waals surface area contributed by atoms with Gasteiger partial charge in [0, 0.05) is 12.0 Å². The highest BCUT2D eigenvalue weighted by molar-refractivity contribution is 14.1. The Morgan fingerprint density at radius 2 is 1.68 bits per heavy atom. The molecule has 0 spiro atoms. The predicted molar refractivity (Wildman–Crippen MR) is 135 cm³/mol. The van der Waals surface area contributed by atoms with E-state index in [0.29, 0.717) is 17.8 Å². The van der Waals surface area contributed by atoms with Gasteiger partial charge < -0.3 is 15.2 Å². The van der Waals surface area contributed by atoms with Crippen LogP contribution in [0.1, 0.15) is 112 Å². The molecular weight excluding hydrogens is 501 g/mol. The van der Waals surface area contributed by atoms with Gasteiger partial charge in [-0.15, -0.1) is 0 Å². The lowest BCUT2D eigenvalue weighted by Gasteiger charge is -2.61. The third-order valence-electron chi connectivity index (χ3n) is 8.36. The maximum atomic E-state index is 13.7. The van der Waals surface area contributed by atoms with E-state index in [0.717, 1.165) is 44.9 Å². The van der Waals surface area contributed by atoms with Crippen molar-refractivity contribution in [2.45, 2.75) is 133 Å². The average Bonchev–Trinajstić information content (AvgIpc) is 2.58. The molecule has 4 atom stereocenters. The Kier molecular flexibility index (Phi) is 7.81. The fraction of sp³-hybridized carbons (Fsp3) is 0.962. The SMILES string of the molecule is CCCCCC(I)OC12CC3CC(CC(OC(=O)C(C)(CC(C)C)C(C)(C)N)(C3)C1)C2. The minimum atomic E-state index is -0.690. The van der Waals surface area contributed by atoms with Gasteiger partial charge in [0.05, 0.1) is 11.0 Å². The largest absolute Gasteiger partial charge is 0.458 e. The van der Waals surface area contributed by atoms with Crippen LogP contribution in [0.25, 0.3) is 0 Å². The summed E-state index contributed by atoms with van der Waals surface area (Å²) in [5, 5.41) is 0. The molecule has 31 heavy (non-hydrogen) atoms. The highest BCUT2D eigenvalue weighted by Gasteiger charge is 2.62. The Balaban J connectivity index is 1.76. The first-order chi connectivity index (χ1) is 14.3. The topological polar surface area (TPSA) is 61.5 Å².